The van der Waals surface area contributed by atoms with Gasteiger partial charge in [0.15, 0.2) is 6.61 Å². The lowest BCUT2D eigenvalue weighted by atomic mass is 10.0. The third-order valence-corrected chi connectivity index (χ3v) is 4.37. The molecule has 5 nitrogen and oxygen atoms in total. The Kier molecular flexibility index (Phi) is 4.92. The van der Waals surface area contributed by atoms with Gasteiger partial charge in [-0.05, 0) is 47.2 Å². The Morgan fingerprint density at radius 1 is 0.889 bits per heavy atom. The second-order valence-corrected chi connectivity index (χ2v) is 6.19. The molecule has 0 saturated heterocycles. The molecule has 136 valence electrons. The Morgan fingerprint density at radius 2 is 1.59 bits per heavy atom. The molecule has 2 heterocycles. The monoisotopic (exact) mass is 361 g/mol. The largest absolute Gasteiger partial charge is 0.484 e. The van der Waals surface area contributed by atoms with E-state index in [9.17, 15) is 4.79 Å². The predicted molar refractivity (Wildman–Crippen MR) is 102 cm³/mol. The van der Waals surface area contributed by atoms with E-state index in [0.29, 0.717) is 12.3 Å². The zero-order chi connectivity index (χ0) is 18.5. The number of hydrogen-bond acceptors (Lipinski definition) is 4. The van der Waals surface area contributed by atoms with E-state index in [4.69, 9.17) is 13.6 Å². The van der Waals surface area contributed by atoms with Crippen LogP contribution in [0, 0.1) is 0 Å². The van der Waals surface area contributed by atoms with Gasteiger partial charge in [0, 0.05) is 6.54 Å². The van der Waals surface area contributed by atoms with E-state index in [-0.39, 0.29) is 18.4 Å². The third-order valence-electron chi connectivity index (χ3n) is 4.37. The number of furan rings is 2. The summed E-state index contributed by atoms with van der Waals surface area (Å²) in [5, 5.41) is 5.09. The van der Waals surface area contributed by atoms with Gasteiger partial charge in [-0.3, -0.25) is 4.79 Å². The first-order valence-corrected chi connectivity index (χ1v) is 8.75. The number of hydrogen-bond donors (Lipinski definition) is 1. The first-order chi connectivity index (χ1) is 13.3. The SMILES string of the molecule is O=C(COc1ccc2ccccc2c1)NCC(c1ccco1)c1ccco1. The summed E-state index contributed by atoms with van der Waals surface area (Å²) in [6, 6.07) is 21.1. The lowest BCUT2D eigenvalue weighted by Gasteiger charge is -2.14. The molecule has 0 saturated carbocycles. The lowest BCUT2D eigenvalue weighted by Crippen LogP contribution is -2.32. The average Bonchev–Trinajstić information content (AvgIpc) is 3.41. The highest BCUT2D eigenvalue weighted by atomic mass is 16.5. The van der Waals surface area contributed by atoms with Gasteiger partial charge >= 0.3 is 0 Å². The van der Waals surface area contributed by atoms with Crippen molar-refractivity contribution in [2.45, 2.75) is 5.92 Å². The third kappa shape index (κ3) is 4.03. The Labute approximate surface area is 156 Å². The molecule has 0 unspecified atom stereocenters. The van der Waals surface area contributed by atoms with Crippen LogP contribution in [-0.4, -0.2) is 19.1 Å². The maximum absolute atomic E-state index is 12.2. The average molecular weight is 361 g/mol. The molecule has 2 aromatic heterocycles. The second kappa shape index (κ2) is 7.83. The maximum atomic E-state index is 12.2. The van der Waals surface area contributed by atoms with Crippen LogP contribution in [-0.2, 0) is 4.79 Å². The molecule has 1 amide bonds. The first-order valence-electron chi connectivity index (χ1n) is 8.75. The van der Waals surface area contributed by atoms with Gasteiger partial charge in [0.2, 0.25) is 0 Å². The summed E-state index contributed by atoms with van der Waals surface area (Å²) < 4.78 is 16.6. The zero-order valence-electron chi connectivity index (χ0n) is 14.6. The number of rotatable bonds is 7. The van der Waals surface area contributed by atoms with Crippen molar-refractivity contribution in [2.24, 2.45) is 0 Å². The molecular formula is C22H19NO4. The summed E-state index contributed by atoms with van der Waals surface area (Å²) >= 11 is 0. The number of fused-ring (bicyclic) bond motifs is 1. The standard InChI is InChI=1S/C22H19NO4/c24-22(15-27-18-10-9-16-5-1-2-6-17(16)13-18)23-14-19(20-7-3-11-25-20)21-8-4-12-26-21/h1-13,19H,14-15H2,(H,23,24). The van der Waals surface area contributed by atoms with Crippen molar-refractivity contribution in [1.82, 2.24) is 5.32 Å². The minimum Gasteiger partial charge on any atom is -0.484 e. The summed E-state index contributed by atoms with van der Waals surface area (Å²) in [4.78, 5) is 12.2. The highest BCUT2D eigenvalue weighted by Crippen LogP contribution is 2.25. The molecule has 27 heavy (non-hydrogen) atoms. The van der Waals surface area contributed by atoms with Crippen LogP contribution >= 0.6 is 0 Å². The van der Waals surface area contributed by atoms with E-state index in [2.05, 4.69) is 5.32 Å². The van der Waals surface area contributed by atoms with Gasteiger partial charge < -0.3 is 18.9 Å². The van der Waals surface area contributed by atoms with Crippen molar-refractivity contribution in [1.29, 1.82) is 0 Å². The Morgan fingerprint density at radius 3 is 2.26 bits per heavy atom. The number of ether oxygens (including phenoxy) is 1. The fourth-order valence-electron chi connectivity index (χ4n) is 2.99. The topological polar surface area (TPSA) is 64.6 Å². The van der Waals surface area contributed by atoms with Gasteiger partial charge in [-0.25, -0.2) is 0 Å². The number of carbonyl (C=O) groups excluding carboxylic acids is 1. The van der Waals surface area contributed by atoms with E-state index in [1.54, 1.807) is 12.5 Å². The molecule has 0 atom stereocenters. The minimum atomic E-state index is -0.203. The van der Waals surface area contributed by atoms with Crippen molar-refractivity contribution in [2.75, 3.05) is 13.2 Å². The molecule has 0 aliphatic rings. The number of benzene rings is 2. The maximum Gasteiger partial charge on any atom is 0.257 e. The van der Waals surface area contributed by atoms with Crippen molar-refractivity contribution in [3.8, 4) is 5.75 Å². The van der Waals surface area contributed by atoms with Crippen molar-refractivity contribution >= 4 is 16.7 Å². The summed E-state index contributed by atoms with van der Waals surface area (Å²) in [7, 11) is 0. The van der Waals surface area contributed by atoms with Crippen molar-refractivity contribution in [3.63, 3.8) is 0 Å². The summed E-state index contributed by atoms with van der Waals surface area (Å²) in [5.41, 5.74) is 0. The van der Waals surface area contributed by atoms with Gasteiger partial charge in [-0.2, -0.15) is 0 Å². The van der Waals surface area contributed by atoms with Crippen LogP contribution < -0.4 is 10.1 Å². The normalized spacial score (nSPS) is 11.0. The molecule has 0 radical (unpaired) electrons. The van der Waals surface area contributed by atoms with Crippen LogP contribution in [0.15, 0.2) is 88.1 Å². The molecule has 5 heteroatoms. The summed E-state index contributed by atoms with van der Waals surface area (Å²) in [6.45, 7) is 0.308. The predicted octanol–water partition coefficient (Wildman–Crippen LogP) is 4.35. The molecule has 4 aromatic rings. The number of carbonyl (C=O) groups is 1. The Balaban J connectivity index is 1.35. The molecule has 2 aromatic carbocycles. The van der Waals surface area contributed by atoms with Gasteiger partial charge in [0.05, 0.1) is 18.4 Å². The lowest BCUT2D eigenvalue weighted by molar-refractivity contribution is -0.123. The van der Waals surface area contributed by atoms with Crippen LogP contribution in [0.3, 0.4) is 0 Å². The fraction of sp³-hybridized carbons (Fsp3) is 0.136. The minimum absolute atomic E-state index is 0.0542. The van der Waals surface area contributed by atoms with Gasteiger partial charge in [0.1, 0.15) is 17.3 Å². The van der Waals surface area contributed by atoms with E-state index in [1.165, 1.54) is 0 Å². The second-order valence-electron chi connectivity index (χ2n) is 6.19. The fourth-order valence-corrected chi connectivity index (χ4v) is 2.99. The quantitative estimate of drug-likeness (QED) is 0.531. The molecule has 0 aliphatic heterocycles. The molecule has 1 N–H and O–H groups in total. The van der Waals surface area contributed by atoms with Gasteiger partial charge in [-0.1, -0.05) is 30.3 Å². The van der Waals surface area contributed by atoms with Crippen LogP contribution in [0.1, 0.15) is 17.4 Å². The summed E-state index contributed by atoms with van der Waals surface area (Å²) in [6.07, 6.45) is 3.21. The first kappa shape index (κ1) is 17.0. The molecule has 0 spiro atoms. The Hall–Kier alpha value is -3.47. The van der Waals surface area contributed by atoms with Crippen LogP contribution in [0.25, 0.3) is 10.8 Å². The van der Waals surface area contributed by atoms with E-state index in [0.717, 1.165) is 22.3 Å². The Bertz CT molecular complexity index is 972. The van der Waals surface area contributed by atoms with E-state index < -0.39 is 0 Å². The van der Waals surface area contributed by atoms with E-state index in [1.807, 2.05) is 66.7 Å². The molecule has 0 bridgehead atoms. The highest BCUT2D eigenvalue weighted by Gasteiger charge is 2.20. The molecule has 0 fully saturated rings. The molecule has 4 rings (SSSR count). The number of amides is 1. The van der Waals surface area contributed by atoms with Crippen molar-refractivity contribution in [3.05, 3.63) is 90.8 Å². The van der Waals surface area contributed by atoms with Crippen LogP contribution in [0.5, 0.6) is 5.75 Å². The summed E-state index contributed by atoms with van der Waals surface area (Å²) in [5.74, 6) is 1.75. The van der Waals surface area contributed by atoms with Gasteiger partial charge in [0.25, 0.3) is 5.91 Å². The molecule has 0 aliphatic carbocycles. The number of nitrogens with one attached hydrogen (secondary N) is 1. The zero-order valence-corrected chi connectivity index (χ0v) is 14.6. The van der Waals surface area contributed by atoms with E-state index >= 15 is 0 Å². The van der Waals surface area contributed by atoms with Crippen LogP contribution in [0.2, 0.25) is 0 Å². The highest BCUT2D eigenvalue weighted by molar-refractivity contribution is 5.84. The smallest absolute Gasteiger partial charge is 0.257 e. The van der Waals surface area contributed by atoms with Crippen LogP contribution in [0.4, 0.5) is 0 Å². The van der Waals surface area contributed by atoms with Gasteiger partial charge in [-0.15, -0.1) is 0 Å². The van der Waals surface area contributed by atoms with Crippen molar-refractivity contribution < 1.29 is 18.4 Å². The molecular weight excluding hydrogens is 342 g/mol.